The van der Waals surface area contributed by atoms with E-state index in [0.29, 0.717) is 10.9 Å². The number of aliphatic hydroxyl groups is 2. The summed E-state index contributed by atoms with van der Waals surface area (Å²) in [4.78, 5) is 43.7. The molecule has 11 nitrogen and oxygen atoms in total. The molecule has 2 aliphatic heterocycles. The Kier molecular flexibility index (Phi) is 5.97. The number of aromatic nitrogens is 2. The SMILES string of the molecule is C[C@@H]1NC(=O)c2cc(O)c(O[C@@H](C3=C[C@H](O)[C@@H](C)OC3=O)[C@H](C)O)cc2-n2c1nc1ccccc1c2=O. The number of phenolic OH excluding ortho intramolecular Hbond substituents is 1. The number of cyclic esters (lactones) is 1. The van der Waals surface area contributed by atoms with Gasteiger partial charge in [-0.1, -0.05) is 12.1 Å². The topological polar surface area (TPSA) is 160 Å². The zero-order valence-electron chi connectivity index (χ0n) is 20.2. The molecular weight excluding hydrogens is 482 g/mol. The largest absolute Gasteiger partial charge is 0.504 e. The highest BCUT2D eigenvalue weighted by Gasteiger charge is 2.36. The number of carbonyl (C=O) groups is 2. The Labute approximate surface area is 210 Å². The number of fused-ring (bicyclic) bond motifs is 4. The normalized spacial score (nSPS) is 22.6. The molecule has 1 aromatic heterocycles. The molecule has 0 radical (unpaired) electrons. The number of amides is 1. The number of phenols is 1. The quantitative estimate of drug-likeness (QED) is 0.381. The number of aromatic hydroxyl groups is 1. The molecule has 3 aromatic rings. The van der Waals surface area contributed by atoms with E-state index in [0.717, 1.165) is 6.07 Å². The van der Waals surface area contributed by atoms with E-state index < -0.39 is 53.6 Å². The van der Waals surface area contributed by atoms with E-state index in [1.54, 1.807) is 31.2 Å². The van der Waals surface area contributed by atoms with Crippen LogP contribution in [0.3, 0.4) is 0 Å². The van der Waals surface area contributed by atoms with E-state index in [9.17, 15) is 29.7 Å². The number of aliphatic hydroxyl groups excluding tert-OH is 2. The minimum absolute atomic E-state index is 0.00349. The molecule has 2 aliphatic rings. The number of carbonyl (C=O) groups excluding carboxylic acids is 2. The summed E-state index contributed by atoms with van der Waals surface area (Å²) in [7, 11) is 0. The number of nitrogens with zero attached hydrogens (tertiary/aromatic N) is 2. The molecule has 0 unspecified atom stereocenters. The van der Waals surface area contributed by atoms with Crippen molar-refractivity contribution >= 4 is 22.8 Å². The molecule has 0 saturated heterocycles. The maximum atomic E-state index is 13.6. The van der Waals surface area contributed by atoms with Crippen molar-refractivity contribution in [3.8, 4) is 17.2 Å². The summed E-state index contributed by atoms with van der Waals surface area (Å²) < 4.78 is 12.3. The number of benzene rings is 2. The zero-order chi connectivity index (χ0) is 26.6. The summed E-state index contributed by atoms with van der Waals surface area (Å²) in [5, 5.41) is 34.4. The summed E-state index contributed by atoms with van der Waals surface area (Å²) in [6.45, 7) is 4.57. The fraction of sp³-hybridized carbons (Fsp3) is 0.308. The monoisotopic (exact) mass is 507 g/mol. The average Bonchev–Trinajstić information content (AvgIpc) is 2.94. The summed E-state index contributed by atoms with van der Waals surface area (Å²) in [6, 6.07) is 8.57. The maximum absolute atomic E-state index is 13.6. The van der Waals surface area contributed by atoms with Gasteiger partial charge in [-0.05, 0) is 45.0 Å². The Balaban J connectivity index is 1.68. The van der Waals surface area contributed by atoms with E-state index in [1.165, 1.54) is 30.6 Å². The summed E-state index contributed by atoms with van der Waals surface area (Å²) in [5.41, 5.74) is 0.00857. The van der Waals surface area contributed by atoms with Gasteiger partial charge in [0, 0.05) is 6.07 Å². The third-order valence-corrected chi connectivity index (χ3v) is 6.46. The summed E-state index contributed by atoms with van der Waals surface area (Å²) in [6.07, 6.45) is -3.25. The predicted molar refractivity (Wildman–Crippen MR) is 131 cm³/mol. The van der Waals surface area contributed by atoms with Crippen LogP contribution in [-0.2, 0) is 9.53 Å². The van der Waals surface area contributed by atoms with Gasteiger partial charge in [0.15, 0.2) is 17.6 Å². The third-order valence-electron chi connectivity index (χ3n) is 6.46. The first-order valence-electron chi connectivity index (χ1n) is 11.7. The lowest BCUT2D eigenvalue weighted by Gasteiger charge is -2.30. The number of hydrogen-bond donors (Lipinski definition) is 4. The van der Waals surface area contributed by atoms with Crippen molar-refractivity contribution in [3.63, 3.8) is 0 Å². The molecule has 0 aliphatic carbocycles. The molecule has 192 valence electrons. The number of hydrogen-bond acceptors (Lipinski definition) is 9. The van der Waals surface area contributed by atoms with E-state index in [1.807, 2.05) is 0 Å². The van der Waals surface area contributed by atoms with E-state index >= 15 is 0 Å². The van der Waals surface area contributed by atoms with Gasteiger partial charge in [-0.3, -0.25) is 14.2 Å². The average molecular weight is 507 g/mol. The number of ether oxygens (including phenoxy) is 2. The van der Waals surface area contributed by atoms with Crippen LogP contribution in [-0.4, -0.2) is 61.2 Å². The van der Waals surface area contributed by atoms with Crippen LogP contribution >= 0.6 is 0 Å². The fourth-order valence-corrected chi connectivity index (χ4v) is 4.49. The van der Waals surface area contributed by atoms with Gasteiger partial charge in [0.1, 0.15) is 18.0 Å². The molecule has 0 saturated carbocycles. The lowest BCUT2D eigenvalue weighted by molar-refractivity contribution is -0.151. The van der Waals surface area contributed by atoms with Crippen LogP contribution in [0.4, 0.5) is 0 Å². The minimum atomic E-state index is -1.33. The molecule has 3 heterocycles. The smallest absolute Gasteiger partial charge is 0.338 e. The number of nitrogens with one attached hydrogen (secondary N) is 1. The van der Waals surface area contributed by atoms with Gasteiger partial charge in [-0.2, -0.15) is 0 Å². The van der Waals surface area contributed by atoms with Crippen LogP contribution in [0.5, 0.6) is 11.5 Å². The van der Waals surface area contributed by atoms with Gasteiger partial charge < -0.3 is 30.1 Å². The van der Waals surface area contributed by atoms with Crippen molar-refractivity contribution in [2.45, 2.75) is 51.2 Å². The predicted octanol–water partition coefficient (Wildman–Crippen LogP) is 1.26. The second-order valence-corrected chi connectivity index (χ2v) is 9.16. The van der Waals surface area contributed by atoms with E-state index in [2.05, 4.69) is 10.3 Å². The Hall–Kier alpha value is -4.22. The highest BCUT2D eigenvalue weighted by Crippen LogP contribution is 2.36. The molecule has 37 heavy (non-hydrogen) atoms. The van der Waals surface area contributed by atoms with Crippen LogP contribution in [0.25, 0.3) is 16.6 Å². The first-order valence-corrected chi connectivity index (χ1v) is 11.7. The molecule has 0 spiro atoms. The van der Waals surface area contributed by atoms with Gasteiger partial charge in [0.2, 0.25) is 0 Å². The van der Waals surface area contributed by atoms with Gasteiger partial charge in [-0.15, -0.1) is 0 Å². The van der Waals surface area contributed by atoms with Crippen molar-refractivity contribution in [1.82, 2.24) is 14.9 Å². The molecule has 1 amide bonds. The molecule has 11 heteroatoms. The van der Waals surface area contributed by atoms with Gasteiger partial charge in [-0.25, -0.2) is 9.78 Å². The fourth-order valence-electron chi connectivity index (χ4n) is 4.49. The molecular formula is C26H25N3O8. The Morgan fingerprint density at radius 1 is 1.16 bits per heavy atom. The van der Waals surface area contributed by atoms with Crippen LogP contribution in [0.2, 0.25) is 0 Å². The van der Waals surface area contributed by atoms with Gasteiger partial charge in [0.25, 0.3) is 11.5 Å². The Bertz CT molecular complexity index is 1530. The second-order valence-electron chi connectivity index (χ2n) is 9.16. The van der Waals surface area contributed by atoms with Gasteiger partial charge in [0.05, 0.1) is 39.9 Å². The molecule has 5 atom stereocenters. The summed E-state index contributed by atoms with van der Waals surface area (Å²) in [5.74, 6) is -1.73. The minimum Gasteiger partial charge on any atom is -0.504 e. The first-order chi connectivity index (χ1) is 17.6. The summed E-state index contributed by atoms with van der Waals surface area (Å²) >= 11 is 0. The molecule has 4 N–H and O–H groups in total. The van der Waals surface area contributed by atoms with Crippen LogP contribution in [0, 0.1) is 0 Å². The van der Waals surface area contributed by atoms with Crippen molar-refractivity contribution in [2.75, 3.05) is 0 Å². The zero-order valence-corrected chi connectivity index (χ0v) is 20.2. The van der Waals surface area contributed by atoms with Crippen molar-refractivity contribution in [2.24, 2.45) is 0 Å². The van der Waals surface area contributed by atoms with E-state index in [4.69, 9.17) is 9.47 Å². The van der Waals surface area contributed by atoms with Crippen LogP contribution in [0.1, 0.15) is 43.0 Å². The second kappa shape index (κ2) is 9.02. The maximum Gasteiger partial charge on any atom is 0.338 e. The van der Waals surface area contributed by atoms with E-state index in [-0.39, 0.29) is 28.4 Å². The molecule has 5 rings (SSSR count). The standard InChI is InChI=1S/C26H25N3O8/c1-11-23-28-17-7-5-4-6-14(17)25(34)29(23)18-10-21(20(32)8-15(18)24(33)27-11)37-22(12(2)30)16-9-19(31)13(3)36-26(16)35/h4-13,19,22,30-32H,1-3H3,(H,27,33)/t11-,12-,13+,19-,22+/m0/s1. The Morgan fingerprint density at radius 3 is 2.62 bits per heavy atom. The van der Waals surface area contributed by atoms with Crippen molar-refractivity contribution < 1.29 is 34.4 Å². The number of rotatable bonds is 4. The lowest BCUT2D eigenvalue weighted by Crippen LogP contribution is -2.42. The highest BCUT2D eigenvalue weighted by atomic mass is 16.6. The molecule has 0 fully saturated rings. The number of para-hydroxylation sites is 1. The van der Waals surface area contributed by atoms with Gasteiger partial charge >= 0.3 is 5.97 Å². The highest BCUT2D eigenvalue weighted by molar-refractivity contribution is 5.99. The van der Waals surface area contributed by atoms with Crippen molar-refractivity contribution in [3.05, 3.63) is 69.8 Å². The number of esters is 1. The lowest BCUT2D eigenvalue weighted by atomic mass is 9.99. The van der Waals surface area contributed by atoms with Crippen molar-refractivity contribution in [1.29, 1.82) is 0 Å². The molecule has 0 bridgehead atoms. The van der Waals surface area contributed by atoms with Crippen LogP contribution < -0.4 is 15.6 Å². The first kappa shape index (κ1) is 24.5. The molecule has 2 aromatic carbocycles. The Morgan fingerprint density at radius 2 is 1.89 bits per heavy atom. The third kappa shape index (κ3) is 4.11. The van der Waals surface area contributed by atoms with Crippen LogP contribution in [0.15, 0.2) is 52.8 Å².